The molecule has 0 aromatic rings. The van der Waals surface area contributed by atoms with Crippen LogP contribution in [0.5, 0.6) is 0 Å². The molecule has 0 heterocycles. The molecular weight excluding hydrogens is 697 g/mol. The van der Waals surface area contributed by atoms with Crippen LogP contribution in [0.25, 0.3) is 0 Å². The van der Waals surface area contributed by atoms with E-state index in [1.165, 1.54) is 51.4 Å². The van der Waals surface area contributed by atoms with Gasteiger partial charge in [0.05, 0.1) is 0 Å². The highest BCUT2D eigenvalue weighted by Gasteiger charge is 2.19. The lowest BCUT2D eigenvalue weighted by atomic mass is 10.1. The van der Waals surface area contributed by atoms with E-state index < -0.39 is 6.10 Å². The molecule has 0 bridgehead atoms. The summed E-state index contributed by atoms with van der Waals surface area (Å²) in [6, 6.07) is 0. The fourth-order valence-corrected chi connectivity index (χ4v) is 5.81. The van der Waals surface area contributed by atoms with Gasteiger partial charge in [-0.2, -0.15) is 0 Å². The van der Waals surface area contributed by atoms with Crippen LogP contribution in [0.3, 0.4) is 0 Å². The number of ether oxygens (including phenoxy) is 3. The Morgan fingerprint density at radius 2 is 0.804 bits per heavy atom. The van der Waals surface area contributed by atoms with Gasteiger partial charge in [0.2, 0.25) is 0 Å². The predicted octanol–water partition coefficient (Wildman–Crippen LogP) is 14.5. The largest absolute Gasteiger partial charge is 0.462 e. The Balaban J connectivity index is 4.45. The highest BCUT2D eigenvalue weighted by Crippen LogP contribution is 2.12. The number of allylic oxidation sites excluding steroid dienone is 14. The Hall–Kier alpha value is -3.41. The second kappa shape index (κ2) is 44.3. The molecule has 0 amide bonds. The Morgan fingerprint density at radius 1 is 0.393 bits per heavy atom. The summed E-state index contributed by atoms with van der Waals surface area (Å²) in [5.41, 5.74) is 0. The van der Waals surface area contributed by atoms with Gasteiger partial charge in [0.15, 0.2) is 6.10 Å². The lowest BCUT2D eigenvalue weighted by Crippen LogP contribution is -2.30. The van der Waals surface area contributed by atoms with Gasteiger partial charge in [-0.25, -0.2) is 0 Å². The molecule has 0 aliphatic carbocycles. The van der Waals surface area contributed by atoms with Crippen LogP contribution in [0, 0.1) is 0 Å². The molecule has 0 spiro atoms. The maximum atomic E-state index is 12.7. The van der Waals surface area contributed by atoms with Crippen LogP contribution in [-0.2, 0) is 28.6 Å². The molecule has 1 atom stereocenters. The van der Waals surface area contributed by atoms with Crippen molar-refractivity contribution in [1.29, 1.82) is 0 Å². The molecule has 6 nitrogen and oxygen atoms in total. The molecule has 0 radical (unpaired) electrons. The molecule has 0 N–H and O–H groups in total. The van der Waals surface area contributed by atoms with Crippen molar-refractivity contribution in [3.63, 3.8) is 0 Å². The Labute approximate surface area is 344 Å². The highest BCUT2D eigenvalue weighted by atomic mass is 16.6. The minimum atomic E-state index is -0.802. The topological polar surface area (TPSA) is 78.9 Å². The summed E-state index contributed by atoms with van der Waals surface area (Å²) in [5.74, 6) is -0.981. The second-order valence-corrected chi connectivity index (χ2v) is 14.6. The molecule has 318 valence electrons. The van der Waals surface area contributed by atoms with E-state index in [1.54, 1.807) is 0 Å². The summed E-state index contributed by atoms with van der Waals surface area (Å²) in [6.07, 6.45) is 55.7. The average molecular weight is 779 g/mol. The minimum absolute atomic E-state index is 0.102. The van der Waals surface area contributed by atoms with Crippen molar-refractivity contribution in [1.82, 2.24) is 0 Å². The summed E-state index contributed by atoms with van der Waals surface area (Å²) in [4.78, 5) is 37.7. The molecule has 0 saturated heterocycles. The Bertz CT molecular complexity index is 1120. The first-order valence-electron chi connectivity index (χ1n) is 22.6. The van der Waals surface area contributed by atoms with Crippen molar-refractivity contribution in [2.75, 3.05) is 13.2 Å². The second-order valence-electron chi connectivity index (χ2n) is 14.6. The van der Waals surface area contributed by atoms with E-state index in [9.17, 15) is 14.4 Å². The highest BCUT2D eigenvalue weighted by molar-refractivity contribution is 5.71. The Morgan fingerprint density at radius 3 is 1.38 bits per heavy atom. The maximum Gasteiger partial charge on any atom is 0.306 e. The lowest BCUT2D eigenvalue weighted by molar-refractivity contribution is -0.167. The lowest BCUT2D eigenvalue weighted by Gasteiger charge is -2.18. The third-order valence-electron chi connectivity index (χ3n) is 9.18. The van der Waals surface area contributed by atoms with Crippen molar-refractivity contribution in [2.24, 2.45) is 0 Å². The quantitative estimate of drug-likeness (QED) is 0.0203. The SMILES string of the molecule is CC\C=C/C=C\C=C/CCCCCCCCCC(=O)OCC(COC(=O)CCC/C=C\CCCCCC)OC(=O)CCCCCC/C=C\C/C=C\C/C=C\CC. The van der Waals surface area contributed by atoms with Crippen molar-refractivity contribution in [3.8, 4) is 0 Å². The van der Waals surface area contributed by atoms with E-state index in [2.05, 4.69) is 106 Å². The first-order valence-corrected chi connectivity index (χ1v) is 22.6. The number of carbonyl (C=O) groups excluding carboxylic acids is 3. The number of hydrogen-bond acceptors (Lipinski definition) is 6. The van der Waals surface area contributed by atoms with Crippen LogP contribution in [-0.4, -0.2) is 37.2 Å². The summed E-state index contributed by atoms with van der Waals surface area (Å²) in [5, 5.41) is 0. The van der Waals surface area contributed by atoms with E-state index in [1.807, 2.05) is 0 Å². The molecule has 0 aliphatic rings. The summed E-state index contributed by atoms with van der Waals surface area (Å²) >= 11 is 0. The van der Waals surface area contributed by atoms with E-state index in [0.29, 0.717) is 25.7 Å². The zero-order chi connectivity index (χ0) is 40.8. The van der Waals surface area contributed by atoms with E-state index in [4.69, 9.17) is 14.2 Å². The molecule has 1 unspecified atom stereocenters. The summed E-state index contributed by atoms with van der Waals surface area (Å²) in [6.45, 7) is 6.28. The zero-order valence-electron chi connectivity index (χ0n) is 36.1. The van der Waals surface area contributed by atoms with Crippen LogP contribution in [0.2, 0.25) is 0 Å². The monoisotopic (exact) mass is 779 g/mol. The Kier molecular flexibility index (Phi) is 41.6. The van der Waals surface area contributed by atoms with Gasteiger partial charge in [-0.05, 0) is 89.9 Å². The zero-order valence-corrected chi connectivity index (χ0v) is 36.1. The predicted molar refractivity (Wildman–Crippen MR) is 237 cm³/mol. The van der Waals surface area contributed by atoms with Gasteiger partial charge in [-0.1, -0.05) is 170 Å². The third-order valence-corrected chi connectivity index (χ3v) is 9.18. The summed E-state index contributed by atoms with van der Waals surface area (Å²) < 4.78 is 16.6. The van der Waals surface area contributed by atoms with E-state index >= 15 is 0 Å². The van der Waals surface area contributed by atoms with Gasteiger partial charge in [0.25, 0.3) is 0 Å². The van der Waals surface area contributed by atoms with Gasteiger partial charge in [0.1, 0.15) is 13.2 Å². The fraction of sp³-hybridized carbons (Fsp3) is 0.660. The first kappa shape index (κ1) is 52.6. The molecule has 0 fully saturated rings. The standard InChI is InChI=1S/C50H82O6/c1-4-7-10-13-16-19-21-23-25-27-28-31-34-37-40-43-49(52)55-46-47(45-54-48(51)42-39-36-33-30-18-15-12-9-6-3)56-50(53)44-41-38-35-32-29-26-24-22-20-17-14-11-8-5-2/h7-8,10-11,13,16-17,19-21,24,26,30,33,47H,4-6,9,12,14-15,18,22-23,25,27-29,31-32,34-46H2,1-3H3/b10-7-,11-8-,16-13-,20-17-,21-19-,26-24-,33-30-. The molecule has 6 heteroatoms. The minimum Gasteiger partial charge on any atom is -0.462 e. The van der Waals surface area contributed by atoms with Crippen LogP contribution in [0.4, 0.5) is 0 Å². The molecule has 0 aliphatic heterocycles. The van der Waals surface area contributed by atoms with E-state index in [-0.39, 0.29) is 31.1 Å². The third kappa shape index (κ3) is 41.7. The van der Waals surface area contributed by atoms with E-state index in [0.717, 1.165) is 96.3 Å². The van der Waals surface area contributed by atoms with Crippen LogP contribution < -0.4 is 0 Å². The number of esters is 3. The molecule has 0 aromatic heterocycles. The van der Waals surface area contributed by atoms with Crippen molar-refractivity contribution in [2.45, 2.75) is 200 Å². The number of rotatable bonds is 39. The number of unbranched alkanes of at least 4 members (excludes halogenated alkanes) is 16. The number of carbonyl (C=O) groups is 3. The first-order chi connectivity index (χ1) is 27.5. The molecule has 56 heavy (non-hydrogen) atoms. The van der Waals surface area contributed by atoms with Gasteiger partial charge in [-0.3, -0.25) is 14.4 Å². The van der Waals surface area contributed by atoms with Crippen molar-refractivity contribution >= 4 is 17.9 Å². The van der Waals surface area contributed by atoms with Gasteiger partial charge >= 0.3 is 17.9 Å². The smallest absolute Gasteiger partial charge is 0.306 e. The molecule has 0 rings (SSSR count). The average Bonchev–Trinajstić information content (AvgIpc) is 3.19. The van der Waals surface area contributed by atoms with Crippen molar-refractivity contribution < 1.29 is 28.6 Å². The molecule has 0 aromatic carbocycles. The maximum absolute atomic E-state index is 12.7. The van der Waals surface area contributed by atoms with Crippen LogP contribution in [0.15, 0.2) is 85.1 Å². The van der Waals surface area contributed by atoms with Gasteiger partial charge in [0, 0.05) is 19.3 Å². The summed E-state index contributed by atoms with van der Waals surface area (Å²) in [7, 11) is 0. The normalized spacial score (nSPS) is 12.8. The van der Waals surface area contributed by atoms with Crippen LogP contribution >= 0.6 is 0 Å². The van der Waals surface area contributed by atoms with Gasteiger partial charge in [-0.15, -0.1) is 0 Å². The fourth-order valence-electron chi connectivity index (χ4n) is 5.81. The number of hydrogen-bond donors (Lipinski definition) is 0. The molecule has 0 saturated carbocycles. The van der Waals surface area contributed by atoms with Gasteiger partial charge < -0.3 is 14.2 Å². The van der Waals surface area contributed by atoms with Crippen LogP contribution in [0.1, 0.15) is 194 Å². The van der Waals surface area contributed by atoms with Crippen molar-refractivity contribution in [3.05, 3.63) is 85.1 Å². The molecular formula is C50H82O6.